The lowest BCUT2D eigenvalue weighted by molar-refractivity contribution is 0.0176. The average molecular weight is 234 g/mol. The standard InChI is InChI=1S/C14H18O3/c1-5-11-9(3)10-7-6-8(2)13(16-4)12(10)14(15)17-11/h6-7,9,11H,5H2,1-4H3/t9-,11+/m0/s1. The van der Waals surface area contributed by atoms with E-state index in [4.69, 9.17) is 9.47 Å². The van der Waals surface area contributed by atoms with Gasteiger partial charge in [-0.05, 0) is 24.5 Å². The van der Waals surface area contributed by atoms with Crippen LogP contribution < -0.4 is 4.74 Å². The first-order valence-electron chi connectivity index (χ1n) is 5.98. The summed E-state index contributed by atoms with van der Waals surface area (Å²) in [6.45, 7) is 6.06. The third-order valence-electron chi connectivity index (χ3n) is 3.50. The fraction of sp³-hybridized carbons (Fsp3) is 0.500. The highest BCUT2D eigenvalue weighted by Gasteiger charge is 2.34. The molecule has 1 aliphatic heterocycles. The van der Waals surface area contributed by atoms with Gasteiger partial charge in [-0.3, -0.25) is 0 Å². The van der Waals surface area contributed by atoms with Crippen LogP contribution in [0.15, 0.2) is 12.1 Å². The lowest BCUT2D eigenvalue weighted by Gasteiger charge is -2.31. The first-order chi connectivity index (χ1) is 8.10. The molecular formula is C14H18O3. The van der Waals surface area contributed by atoms with E-state index in [-0.39, 0.29) is 18.0 Å². The van der Waals surface area contributed by atoms with E-state index in [1.807, 2.05) is 26.0 Å². The Morgan fingerprint density at radius 1 is 1.41 bits per heavy atom. The molecule has 0 spiro atoms. The van der Waals surface area contributed by atoms with Crippen molar-refractivity contribution < 1.29 is 14.3 Å². The van der Waals surface area contributed by atoms with Crippen molar-refractivity contribution in [3.63, 3.8) is 0 Å². The Labute approximate surface area is 102 Å². The van der Waals surface area contributed by atoms with E-state index in [0.29, 0.717) is 11.3 Å². The molecule has 0 radical (unpaired) electrons. The number of carbonyl (C=O) groups excluding carboxylic acids is 1. The van der Waals surface area contributed by atoms with Gasteiger partial charge in [-0.1, -0.05) is 26.0 Å². The molecule has 3 heteroatoms. The van der Waals surface area contributed by atoms with Gasteiger partial charge in [0.25, 0.3) is 0 Å². The molecule has 0 aliphatic carbocycles. The van der Waals surface area contributed by atoms with Crippen LogP contribution in [0.2, 0.25) is 0 Å². The molecule has 0 saturated heterocycles. The summed E-state index contributed by atoms with van der Waals surface area (Å²) >= 11 is 0. The van der Waals surface area contributed by atoms with Crippen LogP contribution in [-0.4, -0.2) is 19.2 Å². The summed E-state index contributed by atoms with van der Waals surface area (Å²) in [5, 5.41) is 0. The average Bonchev–Trinajstić information content (AvgIpc) is 2.33. The van der Waals surface area contributed by atoms with Crippen LogP contribution in [0.3, 0.4) is 0 Å². The number of ether oxygens (including phenoxy) is 2. The van der Waals surface area contributed by atoms with Gasteiger partial charge in [0, 0.05) is 5.92 Å². The number of methoxy groups -OCH3 is 1. The van der Waals surface area contributed by atoms with E-state index in [0.717, 1.165) is 17.5 Å². The zero-order valence-corrected chi connectivity index (χ0v) is 10.7. The van der Waals surface area contributed by atoms with Crippen LogP contribution >= 0.6 is 0 Å². The topological polar surface area (TPSA) is 35.5 Å². The Morgan fingerprint density at radius 2 is 2.12 bits per heavy atom. The predicted octanol–water partition coefficient (Wildman–Crippen LogP) is 3.06. The largest absolute Gasteiger partial charge is 0.496 e. The quantitative estimate of drug-likeness (QED) is 0.738. The molecule has 0 saturated carbocycles. The SMILES string of the molecule is CC[C@H]1OC(=O)c2c(ccc(C)c2OC)[C@@H]1C. The Balaban J connectivity index is 2.60. The first kappa shape index (κ1) is 12.0. The van der Waals surface area contributed by atoms with E-state index >= 15 is 0 Å². The van der Waals surface area contributed by atoms with Crippen LogP contribution in [0.1, 0.15) is 47.7 Å². The van der Waals surface area contributed by atoms with Crippen molar-refractivity contribution in [1.29, 1.82) is 0 Å². The lowest BCUT2D eigenvalue weighted by atomic mass is 9.86. The molecule has 0 bridgehead atoms. The lowest BCUT2D eigenvalue weighted by Crippen LogP contribution is -2.30. The van der Waals surface area contributed by atoms with E-state index < -0.39 is 0 Å². The minimum atomic E-state index is -0.259. The molecule has 2 atom stereocenters. The zero-order chi connectivity index (χ0) is 12.6. The van der Waals surface area contributed by atoms with Crippen molar-refractivity contribution in [2.24, 2.45) is 0 Å². The maximum atomic E-state index is 12.0. The molecule has 1 aromatic rings. The molecule has 0 N–H and O–H groups in total. The smallest absolute Gasteiger partial charge is 0.342 e. The number of cyclic esters (lactones) is 1. The number of fused-ring (bicyclic) bond motifs is 1. The maximum absolute atomic E-state index is 12.0. The van der Waals surface area contributed by atoms with Crippen LogP contribution in [0.4, 0.5) is 0 Å². The molecule has 2 rings (SSSR count). The first-order valence-corrected chi connectivity index (χ1v) is 5.98. The minimum absolute atomic E-state index is 0.0255. The van der Waals surface area contributed by atoms with Gasteiger partial charge in [-0.2, -0.15) is 0 Å². The normalized spacial score (nSPS) is 22.9. The van der Waals surface area contributed by atoms with Gasteiger partial charge < -0.3 is 9.47 Å². The van der Waals surface area contributed by atoms with Gasteiger partial charge in [0.1, 0.15) is 17.4 Å². The van der Waals surface area contributed by atoms with Crippen LogP contribution in [0.5, 0.6) is 5.75 Å². The van der Waals surface area contributed by atoms with E-state index in [9.17, 15) is 4.79 Å². The van der Waals surface area contributed by atoms with E-state index in [1.54, 1.807) is 7.11 Å². The molecule has 17 heavy (non-hydrogen) atoms. The zero-order valence-electron chi connectivity index (χ0n) is 10.7. The van der Waals surface area contributed by atoms with Crippen molar-refractivity contribution >= 4 is 5.97 Å². The number of carbonyl (C=O) groups is 1. The second kappa shape index (κ2) is 4.40. The monoisotopic (exact) mass is 234 g/mol. The highest BCUT2D eigenvalue weighted by atomic mass is 16.5. The Hall–Kier alpha value is -1.51. The number of benzene rings is 1. The van der Waals surface area contributed by atoms with Crippen molar-refractivity contribution in [3.05, 3.63) is 28.8 Å². The van der Waals surface area contributed by atoms with Gasteiger partial charge in [0.15, 0.2) is 0 Å². The predicted molar refractivity (Wildman–Crippen MR) is 65.6 cm³/mol. The highest BCUT2D eigenvalue weighted by Crippen LogP contribution is 2.38. The number of rotatable bonds is 2. The maximum Gasteiger partial charge on any atom is 0.342 e. The Bertz CT molecular complexity index is 451. The van der Waals surface area contributed by atoms with Crippen molar-refractivity contribution in [1.82, 2.24) is 0 Å². The summed E-state index contributed by atoms with van der Waals surface area (Å²) in [5.74, 6) is 0.613. The highest BCUT2D eigenvalue weighted by molar-refractivity contribution is 5.96. The van der Waals surface area contributed by atoms with Crippen molar-refractivity contribution in [3.8, 4) is 5.75 Å². The molecule has 0 unspecified atom stereocenters. The summed E-state index contributed by atoms with van der Waals surface area (Å²) in [5.41, 5.74) is 2.60. The molecule has 0 amide bonds. The number of hydrogen-bond donors (Lipinski definition) is 0. The fourth-order valence-electron chi connectivity index (χ4n) is 2.49. The molecule has 1 heterocycles. The van der Waals surface area contributed by atoms with Gasteiger partial charge in [-0.25, -0.2) is 4.79 Å². The molecule has 0 aromatic heterocycles. The van der Waals surface area contributed by atoms with Gasteiger partial charge in [0.05, 0.1) is 7.11 Å². The second-order valence-corrected chi connectivity index (χ2v) is 4.52. The number of esters is 1. The summed E-state index contributed by atoms with van der Waals surface area (Å²) in [4.78, 5) is 12.0. The van der Waals surface area contributed by atoms with Crippen LogP contribution in [0, 0.1) is 6.92 Å². The molecule has 3 nitrogen and oxygen atoms in total. The summed E-state index contributed by atoms with van der Waals surface area (Å²) in [6, 6.07) is 4.01. The second-order valence-electron chi connectivity index (χ2n) is 4.52. The number of aryl methyl sites for hydroxylation is 1. The third-order valence-corrected chi connectivity index (χ3v) is 3.50. The Kier molecular flexibility index (Phi) is 3.09. The minimum Gasteiger partial charge on any atom is -0.496 e. The third kappa shape index (κ3) is 1.79. The van der Waals surface area contributed by atoms with Gasteiger partial charge in [0.2, 0.25) is 0 Å². The summed E-state index contributed by atoms with van der Waals surface area (Å²) < 4.78 is 10.8. The molecule has 1 aliphatic rings. The van der Waals surface area contributed by atoms with Crippen LogP contribution in [-0.2, 0) is 4.74 Å². The van der Waals surface area contributed by atoms with E-state index in [1.165, 1.54) is 0 Å². The van der Waals surface area contributed by atoms with Crippen LogP contribution in [0.25, 0.3) is 0 Å². The summed E-state index contributed by atoms with van der Waals surface area (Å²) in [6.07, 6.45) is 0.810. The van der Waals surface area contributed by atoms with Gasteiger partial charge >= 0.3 is 5.97 Å². The molecular weight excluding hydrogens is 216 g/mol. The Morgan fingerprint density at radius 3 is 2.71 bits per heavy atom. The molecule has 1 aromatic carbocycles. The summed E-state index contributed by atoms with van der Waals surface area (Å²) in [7, 11) is 1.59. The molecule has 0 fully saturated rings. The fourth-order valence-corrected chi connectivity index (χ4v) is 2.49. The molecule has 92 valence electrons. The van der Waals surface area contributed by atoms with E-state index in [2.05, 4.69) is 6.92 Å². The van der Waals surface area contributed by atoms with Crippen molar-refractivity contribution in [2.45, 2.75) is 39.2 Å². The van der Waals surface area contributed by atoms with Crippen molar-refractivity contribution in [2.75, 3.05) is 7.11 Å². The number of hydrogen-bond acceptors (Lipinski definition) is 3. The van der Waals surface area contributed by atoms with Gasteiger partial charge in [-0.15, -0.1) is 0 Å².